The maximum absolute atomic E-state index is 5.07. The standard InChI is InChI=1S/C8H15N3S/c1-4-6(2)7(3)11-5-9-10-8(11)12/h5-7H,4H2,1-3H3,(H,10,12). The zero-order chi connectivity index (χ0) is 9.14. The number of nitrogens with zero attached hydrogens (tertiary/aromatic N) is 2. The number of nitrogens with one attached hydrogen (secondary N) is 1. The van der Waals surface area contributed by atoms with Gasteiger partial charge in [-0.1, -0.05) is 20.3 Å². The van der Waals surface area contributed by atoms with Crippen molar-refractivity contribution in [1.29, 1.82) is 0 Å². The highest BCUT2D eigenvalue weighted by Crippen LogP contribution is 2.19. The van der Waals surface area contributed by atoms with Gasteiger partial charge >= 0.3 is 0 Å². The molecule has 2 unspecified atom stereocenters. The lowest BCUT2D eigenvalue weighted by Crippen LogP contribution is -2.12. The van der Waals surface area contributed by atoms with Gasteiger partial charge in [-0.15, -0.1) is 0 Å². The Kier molecular flexibility index (Phi) is 3.03. The van der Waals surface area contributed by atoms with Gasteiger partial charge in [-0.25, -0.2) is 0 Å². The van der Waals surface area contributed by atoms with Gasteiger partial charge in [0.2, 0.25) is 0 Å². The fourth-order valence-corrected chi connectivity index (χ4v) is 1.43. The second-order valence-corrected chi connectivity index (χ2v) is 3.58. The van der Waals surface area contributed by atoms with Crippen LogP contribution in [0, 0.1) is 10.7 Å². The van der Waals surface area contributed by atoms with E-state index in [2.05, 4.69) is 31.0 Å². The van der Waals surface area contributed by atoms with Gasteiger partial charge in [0, 0.05) is 6.04 Å². The summed E-state index contributed by atoms with van der Waals surface area (Å²) in [5, 5.41) is 6.65. The van der Waals surface area contributed by atoms with Crippen molar-refractivity contribution in [2.45, 2.75) is 33.2 Å². The summed E-state index contributed by atoms with van der Waals surface area (Å²) in [5.74, 6) is 0.634. The van der Waals surface area contributed by atoms with E-state index in [0.717, 1.165) is 6.42 Å². The van der Waals surface area contributed by atoms with Crippen molar-refractivity contribution in [2.75, 3.05) is 0 Å². The smallest absolute Gasteiger partial charge is 0.195 e. The summed E-state index contributed by atoms with van der Waals surface area (Å²) in [6.45, 7) is 6.57. The third-order valence-corrected chi connectivity index (χ3v) is 2.79. The Balaban J connectivity index is 2.84. The van der Waals surface area contributed by atoms with E-state index >= 15 is 0 Å². The first kappa shape index (κ1) is 9.45. The van der Waals surface area contributed by atoms with E-state index in [4.69, 9.17) is 12.2 Å². The van der Waals surface area contributed by atoms with E-state index in [1.807, 2.05) is 4.57 Å². The maximum Gasteiger partial charge on any atom is 0.195 e. The van der Waals surface area contributed by atoms with Crippen molar-refractivity contribution in [3.8, 4) is 0 Å². The number of rotatable bonds is 3. The Morgan fingerprint density at radius 1 is 1.67 bits per heavy atom. The van der Waals surface area contributed by atoms with Gasteiger partial charge in [0.05, 0.1) is 0 Å². The molecule has 0 saturated carbocycles. The predicted octanol–water partition coefficient (Wildman–Crippen LogP) is 2.55. The van der Waals surface area contributed by atoms with Crippen LogP contribution in [0.5, 0.6) is 0 Å². The van der Waals surface area contributed by atoms with Crippen LogP contribution in [0.4, 0.5) is 0 Å². The van der Waals surface area contributed by atoms with E-state index in [1.54, 1.807) is 6.33 Å². The molecule has 1 heterocycles. The monoisotopic (exact) mass is 185 g/mol. The summed E-state index contributed by atoms with van der Waals surface area (Å²) in [6.07, 6.45) is 2.92. The van der Waals surface area contributed by atoms with Crippen molar-refractivity contribution < 1.29 is 0 Å². The fraction of sp³-hybridized carbons (Fsp3) is 0.750. The van der Waals surface area contributed by atoms with Crippen molar-refractivity contribution in [3.05, 3.63) is 11.1 Å². The number of hydrogen-bond donors (Lipinski definition) is 1. The van der Waals surface area contributed by atoms with Crippen molar-refractivity contribution >= 4 is 12.2 Å². The maximum atomic E-state index is 5.07. The third-order valence-electron chi connectivity index (χ3n) is 2.48. The topological polar surface area (TPSA) is 33.6 Å². The molecule has 0 aliphatic carbocycles. The fourth-order valence-electron chi connectivity index (χ4n) is 1.16. The molecule has 0 saturated heterocycles. The van der Waals surface area contributed by atoms with Gasteiger partial charge in [-0.2, -0.15) is 5.10 Å². The first-order valence-corrected chi connectivity index (χ1v) is 4.69. The highest BCUT2D eigenvalue weighted by Gasteiger charge is 2.12. The second kappa shape index (κ2) is 3.85. The van der Waals surface area contributed by atoms with E-state index in [0.29, 0.717) is 16.7 Å². The molecule has 0 amide bonds. The molecule has 0 radical (unpaired) electrons. The summed E-state index contributed by atoms with van der Waals surface area (Å²) >= 11 is 5.07. The summed E-state index contributed by atoms with van der Waals surface area (Å²) in [6, 6.07) is 0.432. The van der Waals surface area contributed by atoms with Crippen LogP contribution in [0.1, 0.15) is 33.2 Å². The van der Waals surface area contributed by atoms with E-state index in [1.165, 1.54) is 0 Å². The molecule has 0 aliphatic rings. The molecule has 0 aromatic carbocycles. The lowest BCUT2D eigenvalue weighted by Gasteiger charge is -2.18. The SMILES string of the molecule is CCC(C)C(C)n1cn[nH]c1=S. The van der Waals surface area contributed by atoms with E-state index < -0.39 is 0 Å². The van der Waals surface area contributed by atoms with Crippen LogP contribution in [-0.4, -0.2) is 14.8 Å². The molecule has 1 aromatic rings. The van der Waals surface area contributed by atoms with Crippen LogP contribution in [0.25, 0.3) is 0 Å². The van der Waals surface area contributed by atoms with Crippen LogP contribution in [0.15, 0.2) is 6.33 Å². The Morgan fingerprint density at radius 2 is 2.33 bits per heavy atom. The highest BCUT2D eigenvalue weighted by atomic mass is 32.1. The minimum Gasteiger partial charge on any atom is -0.304 e. The summed E-state index contributed by atoms with van der Waals surface area (Å²) < 4.78 is 2.71. The van der Waals surface area contributed by atoms with Crippen molar-refractivity contribution in [3.63, 3.8) is 0 Å². The van der Waals surface area contributed by atoms with Crippen molar-refractivity contribution in [1.82, 2.24) is 14.8 Å². The third kappa shape index (κ3) is 1.75. The Hall–Kier alpha value is -0.640. The van der Waals surface area contributed by atoms with Gasteiger partial charge in [-0.3, -0.25) is 5.10 Å². The van der Waals surface area contributed by atoms with Gasteiger partial charge < -0.3 is 4.57 Å². The lowest BCUT2D eigenvalue weighted by atomic mass is 10.0. The number of hydrogen-bond acceptors (Lipinski definition) is 2. The van der Waals surface area contributed by atoms with Crippen LogP contribution in [-0.2, 0) is 0 Å². The van der Waals surface area contributed by atoms with Gasteiger partial charge in [0.1, 0.15) is 6.33 Å². The Morgan fingerprint density at radius 3 is 2.75 bits per heavy atom. The molecule has 0 aliphatic heterocycles. The number of aromatic nitrogens is 3. The molecule has 0 spiro atoms. The molecule has 1 N–H and O–H groups in total. The normalized spacial score (nSPS) is 15.9. The average molecular weight is 185 g/mol. The quantitative estimate of drug-likeness (QED) is 0.734. The number of H-pyrrole nitrogens is 1. The van der Waals surface area contributed by atoms with Gasteiger partial charge in [0.25, 0.3) is 0 Å². The largest absolute Gasteiger partial charge is 0.304 e. The first-order valence-electron chi connectivity index (χ1n) is 4.28. The molecule has 3 nitrogen and oxygen atoms in total. The van der Waals surface area contributed by atoms with E-state index in [-0.39, 0.29) is 0 Å². The average Bonchev–Trinajstić information content (AvgIpc) is 2.48. The Labute approximate surface area is 77.8 Å². The molecule has 12 heavy (non-hydrogen) atoms. The zero-order valence-electron chi connectivity index (χ0n) is 7.74. The molecule has 68 valence electrons. The molecule has 2 atom stereocenters. The predicted molar refractivity (Wildman–Crippen MR) is 51.6 cm³/mol. The summed E-state index contributed by atoms with van der Waals surface area (Å²) in [7, 11) is 0. The second-order valence-electron chi connectivity index (χ2n) is 3.19. The number of aromatic amines is 1. The molecular formula is C8H15N3S. The van der Waals surface area contributed by atoms with Crippen LogP contribution >= 0.6 is 12.2 Å². The van der Waals surface area contributed by atoms with Crippen LogP contribution in [0.3, 0.4) is 0 Å². The van der Waals surface area contributed by atoms with Gasteiger partial charge in [0.15, 0.2) is 4.77 Å². The molecule has 1 aromatic heterocycles. The van der Waals surface area contributed by atoms with E-state index in [9.17, 15) is 0 Å². The zero-order valence-corrected chi connectivity index (χ0v) is 8.56. The minimum atomic E-state index is 0.432. The highest BCUT2D eigenvalue weighted by molar-refractivity contribution is 7.71. The van der Waals surface area contributed by atoms with Crippen molar-refractivity contribution in [2.24, 2.45) is 5.92 Å². The summed E-state index contributed by atoms with van der Waals surface area (Å²) in [4.78, 5) is 0. The molecule has 0 bridgehead atoms. The molecule has 0 fully saturated rings. The van der Waals surface area contributed by atoms with Crippen LogP contribution in [0.2, 0.25) is 0 Å². The molecular weight excluding hydrogens is 170 g/mol. The molecule has 1 rings (SSSR count). The Bertz CT molecular complexity index is 288. The minimum absolute atomic E-state index is 0.432. The lowest BCUT2D eigenvalue weighted by molar-refractivity contribution is 0.366. The summed E-state index contributed by atoms with van der Waals surface area (Å²) in [5.41, 5.74) is 0. The van der Waals surface area contributed by atoms with Crippen LogP contribution < -0.4 is 0 Å². The van der Waals surface area contributed by atoms with Gasteiger partial charge in [-0.05, 0) is 25.1 Å². The molecule has 4 heteroatoms. The first-order chi connectivity index (χ1) is 5.66.